The Kier molecular flexibility index (Phi) is 4.21. The van der Waals surface area contributed by atoms with Crippen molar-refractivity contribution < 1.29 is 23.1 Å². The summed E-state index contributed by atoms with van der Waals surface area (Å²) in [5.74, 6) is 0.00193. The predicted octanol–water partition coefficient (Wildman–Crippen LogP) is 3.02. The topological polar surface area (TPSA) is 66.9 Å². The standard InChI is InChI=1S/C13H20NO5P/c1-9-12-11(7-18-13(2,3)19-12)10(6-14-9)8-20(15,16-4)17-5/h6H,7-8H2,1-5H3. The fraction of sp³-hybridized carbons (Fsp3) is 0.615. The minimum Gasteiger partial charge on any atom is -0.461 e. The van der Waals surface area contributed by atoms with Crippen LogP contribution in [0.4, 0.5) is 0 Å². The summed E-state index contributed by atoms with van der Waals surface area (Å²) in [5, 5.41) is 0. The fourth-order valence-electron chi connectivity index (χ4n) is 2.04. The van der Waals surface area contributed by atoms with Crippen molar-refractivity contribution in [1.29, 1.82) is 0 Å². The molecule has 0 saturated heterocycles. The van der Waals surface area contributed by atoms with E-state index in [1.54, 1.807) is 6.20 Å². The Morgan fingerprint density at radius 2 is 2.05 bits per heavy atom. The molecule has 20 heavy (non-hydrogen) atoms. The van der Waals surface area contributed by atoms with E-state index in [0.717, 1.165) is 16.8 Å². The van der Waals surface area contributed by atoms with Gasteiger partial charge in [-0.25, -0.2) is 0 Å². The molecule has 0 N–H and O–H groups in total. The zero-order chi connectivity index (χ0) is 15.0. The molecule has 0 aromatic carbocycles. The number of ether oxygens (including phenoxy) is 2. The summed E-state index contributed by atoms with van der Waals surface area (Å²) in [6.07, 6.45) is 1.81. The summed E-state index contributed by atoms with van der Waals surface area (Å²) in [7, 11) is -0.409. The van der Waals surface area contributed by atoms with E-state index < -0.39 is 13.4 Å². The molecule has 0 amide bonds. The van der Waals surface area contributed by atoms with E-state index in [1.807, 2.05) is 20.8 Å². The molecule has 1 aliphatic heterocycles. The van der Waals surface area contributed by atoms with Gasteiger partial charge in [-0.1, -0.05) is 0 Å². The SMILES string of the molecule is COP(=O)(Cc1cnc(C)c2c1COC(C)(C)O2)OC. The molecule has 1 aliphatic rings. The lowest BCUT2D eigenvalue weighted by Gasteiger charge is -2.34. The van der Waals surface area contributed by atoms with Crippen LogP contribution in [0.2, 0.25) is 0 Å². The summed E-state index contributed by atoms with van der Waals surface area (Å²) in [5.41, 5.74) is 2.39. The van der Waals surface area contributed by atoms with Gasteiger partial charge in [-0.05, 0) is 12.5 Å². The number of aryl methyl sites for hydroxylation is 1. The normalized spacial score (nSPS) is 17.4. The summed E-state index contributed by atoms with van der Waals surface area (Å²) >= 11 is 0. The van der Waals surface area contributed by atoms with Crippen LogP contribution in [0.1, 0.15) is 30.7 Å². The number of hydrogen-bond donors (Lipinski definition) is 0. The van der Waals surface area contributed by atoms with Gasteiger partial charge in [0, 0.05) is 39.8 Å². The van der Waals surface area contributed by atoms with E-state index >= 15 is 0 Å². The lowest BCUT2D eigenvalue weighted by molar-refractivity contribution is -0.180. The van der Waals surface area contributed by atoms with Gasteiger partial charge in [-0.3, -0.25) is 9.55 Å². The van der Waals surface area contributed by atoms with E-state index in [4.69, 9.17) is 18.5 Å². The number of nitrogens with zero attached hydrogens (tertiary/aromatic N) is 1. The highest BCUT2D eigenvalue weighted by Gasteiger charge is 2.32. The number of pyridine rings is 1. The molecule has 112 valence electrons. The zero-order valence-corrected chi connectivity index (χ0v) is 13.3. The molecule has 0 radical (unpaired) electrons. The van der Waals surface area contributed by atoms with Gasteiger partial charge < -0.3 is 18.5 Å². The van der Waals surface area contributed by atoms with Crippen LogP contribution >= 0.6 is 7.60 Å². The van der Waals surface area contributed by atoms with Gasteiger partial charge in [0.25, 0.3) is 0 Å². The molecule has 0 bridgehead atoms. The Morgan fingerprint density at radius 3 is 2.65 bits per heavy atom. The highest BCUT2D eigenvalue weighted by Crippen LogP contribution is 2.51. The molecule has 2 rings (SSSR count). The summed E-state index contributed by atoms with van der Waals surface area (Å²) in [6.45, 7) is 5.94. The molecule has 0 fully saturated rings. The first-order chi connectivity index (χ1) is 9.30. The average Bonchev–Trinajstić information content (AvgIpc) is 2.41. The van der Waals surface area contributed by atoms with Gasteiger partial charge in [0.2, 0.25) is 5.79 Å². The zero-order valence-electron chi connectivity index (χ0n) is 12.4. The Balaban J connectivity index is 2.41. The monoisotopic (exact) mass is 301 g/mol. The van der Waals surface area contributed by atoms with Gasteiger partial charge in [-0.15, -0.1) is 0 Å². The number of rotatable bonds is 4. The largest absolute Gasteiger partial charge is 0.461 e. The molecule has 7 heteroatoms. The van der Waals surface area contributed by atoms with Gasteiger partial charge in [-0.2, -0.15) is 0 Å². The van der Waals surface area contributed by atoms with Crippen molar-refractivity contribution in [2.24, 2.45) is 0 Å². The quantitative estimate of drug-likeness (QED) is 0.796. The fourth-order valence-corrected chi connectivity index (χ4v) is 3.14. The van der Waals surface area contributed by atoms with Crippen LogP contribution in [-0.2, 0) is 31.1 Å². The first kappa shape index (κ1) is 15.4. The molecule has 6 nitrogen and oxygen atoms in total. The van der Waals surface area contributed by atoms with Gasteiger partial charge in [0.1, 0.15) is 5.75 Å². The van der Waals surface area contributed by atoms with E-state index in [9.17, 15) is 4.57 Å². The minimum absolute atomic E-state index is 0.142. The highest BCUT2D eigenvalue weighted by molar-refractivity contribution is 7.52. The molecule has 0 unspecified atom stereocenters. The predicted molar refractivity (Wildman–Crippen MR) is 73.8 cm³/mol. The van der Waals surface area contributed by atoms with E-state index in [0.29, 0.717) is 12.4 Å². The third kappa shape index (κ3) is 3.04. The van der Waals surface area contributed by atoms with Crippen LogP contribution in [-0.4, -0.2) is 25.0 Å². The summed E-state index contributed by atoms with van der Waals surface area (Å²) in [6, 6.07) is 0. The summed E-state index contributed by atoms with van der Waals surface area (Å²) < 4.78 is 33.7. The van der Waals surface area contributed by atoms with Crippen molar-refractivity contribution in [1.82, 2.24) is 4.98 Å². The van der Waals surface area contributed by atoms with Gasteiger partial charge in [0.15, 0.2) is 0 Å². The second-order valence-electron chi connectivity index (χ2n) is 5.10. The molecule has 1 aromatic rings. The van der Waals surface area contributed by atoms with Crippen LogP contribution in [0.3, 0.4) is 0 Å². The first-order valence-electron chi connectivity index (χ1n) is 6.31. The van der Waals surface area contributed by atoms with Crippen LogP contribution in [0.15, 0.2) is 6.20 Å². The molecule has 0 aliphatic carbocycles. The third-order valence-electron chi connectivity index (χ3n) is 3.24. The molecule has 2 heterocycles. The van der Waals surface area contributed by atoms with Crippen molar-refractivity contribution in [2.75, 3.05) is 14.2 Å². The maximum Gasteiger partial charge on any atom is 0.334 e. The van der Waals surface area contributed by atoms with E-state index in [2.05, 4.69) is 4.98 Å². The number of hydrogen-bond acceptors (Lipinski definition) is 6. The van der Waals surface area contributed by atoms with Crippen molar-refractivity contribution in [3.63, 3.8) is 0 Å². The molecular weight excluding hydrogens is 281 g/mol. The maximum absolute atomic E-state index is 12.3. The molecular formula is C13H20NO5P. The second kappa shape index (κ2) is 5.45. The van der Waals surface area contributed by atoms with Gasteiger partial charge >= 0.3 is 7.60 Å². The van der Waals surface area contributed by atoms with Gasteiger partial charge in [0.05, 0.1) is 18.5 Å². The molecule has 1 aromatic heterocycles. The Morgan fingerprint density at radius 1 is 1.40 bits per heavy atom. The maximum atomic E-state index is 12.3. The molecule has 0 atom stereocenters. The number of fused-ring (bicyclic) bond motifs is 1. The summed E-state index contributed by atoms with van der Waals surface area (Å²) in [4.78, 5) is 4.30. The van der Waals surface area contributed by atoms with Crippen LogP contribution in [0.25, 0.3) is 0 Å². The first-order valence-corrected chi connectivity index (χ1v) is 8.04. The second-order valence-corrected chi connectivity index (χ2v) is 7.37. The highest BCUT2D eigenvalue weighted by atomic mass is 31.2. The molecule has 0 spiro atoms. The average molecular weight is 301 g/mol. The van der Waals surface area contributed by atoms with E-state index in [-0.39, 0.29) is 6.16 Å². The van der Waals surface area contributed by atoms with Crippen molar-refractivity contribution in [2.45, 2.75) is 39.3 Å². The van der Waals surface area contributed by atoms with Crippen LogP contribution in [0.5, 0.6) is 5.75 Å². The van der Waals surface area contributed by atoms with Crippen molar-refractivity contribution >= 4 is 7.60 Å². The Bertz CT molecular complexity index is 550. The van der Waals surface area contributed by atoms with Crippen LogP contribution in [0, 0.1) is 6.92 Å². The minimum atomic E-state index is -3.15. The van der Waals surface area contributed by atoms with E-state index in [1.165, 1.54) is 14.2 Å². The smallest absolute Gasteiger partial charge is 0.334 e. The molecule has 0 saturated carbocycles. The van der Waals surface area contributed by atoms with Crippen LogP contribution < -0.4 is 4.74 Å². The Hall–Kier alpha value is -0.940. The van der Waals surface area contributed by atoms with Crippen molar-refractivity contribution in [3.05, 3.63) is 23.0 Å². The lowest BCUT2D eigenvalue weighted by Crippen LogP contribution is -2.36. The lowest BCUT2D eigenvalue weighted by atomic mass is 10.1. The Labute approximate surface area is 118 Å². The van der Waals surface area contributed by atoms with Crippen molar-refractivity contribution in [3.8, 4) is 5.75 Å². The number of aromatic nitrogens is 1. The third-order valence-corrected chi connectivity index (χ3v) is 5.08.